The standard InChI is InChI=1S/C17H22N2OS/c1-12-11-14(9-8-13(12)5-4-10-18)17(20)19-15-6-3-7-16(15)21-2/h8-9,11,15-16H,3,6-7,10,18H2,1-2H3,(H,19,20). The molecule has 3 nitrogen and oxygen atoms in total. The molecule has 1 saturated carbocycles. The summed E-state index contributed by atoms with van der Waals surface area (Å²) < 4.78 is 0. The van der Waals surface area contributed by atoms with Gasteiger partial charge in [0, 0.05) is 22.4 Å². The average molecular weight is 302 g/mol. The molecule has 0 bridgehead atoms. The minimum atomic E-state index is 0.0161. The molecule has 1 fully saturated rings. The normalized spacial score (nSPS) is 20.7. The first kappa shape index (κ1) is 15.9. The Labute approximate surface area is 131 Å². The van der Waals surface area contributed by atoms with Gasteiger partial charge in [-0.15, -0.1) is 0 Å². The molecule has 21 heavy (non-hydrogen) atoms. The summed E-state index contributed by atoms with van der Waals surface area (Å²) in [5, 5.41) is 3.72. The smallest absolute Gasteiger partial charge is 0.251 e. The van der Waals surface area contributed by atoms with Gasteiger partial charge in [-0.25, -0.2) is 0 Å². The first-order valence-corrected chi connectivity index (χ1v) is 8.57. The van der Waals surface area contributed by atoms with Gasteiger partial charge >= 0.3 is 0 Å². The zero-order valence-electron chi connectivity index (χ0n) is 12.6. The summed E-state index contributed by atoms with van der Waals surface area (Å²) in [7, 11) is 0. The van der Waals surface area contributed by atoms with Crippen molar-refractivity contribution >= 4 is 17.7 Å². The summed E-state index contributed by atoms with van der Waals surface area (Å²) in [4.78, 5) is 12.4. The quantitative estimate of drug-likeness (QED) is 0.843. The summed E-state index contributed by atoms with van der Waals surface area (Å²) in [6, 6.07) is 5.93. The third-order valence-corrected chi connectivity index (χ3v) is 5.06. The van der Waals surface area contributed by atoms with E-state index in [2.05, 4.69) is 23.4 Å². The lowest BCUT2D eigenvalue weighted by molar-refractivity contribution is 0.0938. The van der Waals surface area contributed by atoms with Crippen LogP contribution in [0.4, 0.5) is 0 Å². The molecular weight excluding hydrogens is 280 g/mol. The van der Waals surface area contributed by atoms with E-state index in [0.29, 0.717) is 23.4 Å². The molecule has 2 rings (SSSR count). The summed E-state index contributed by atoms with van der Waals surface area (Å²) in [5.41, 5.74) is 8.03. The van der Waals surface area contributed by atoms with Crippen LogP contribution in [0.1, 0.15) is 40.7 Å². The molecule has 112 valence electrons. The Hall–Kier alpha value is -1.44. The monoisotopic (exact) mass is 302 g/mol. The van der Waals surface area contributed by atoms with Crippen molar-refractivity contribution in [3.05, 3.63) is 34.9 Å². The van der Waals surface area contributed by atoms with E-state index >= 15 is 0 Å². The summed E-state index contributed by atoms with van der Waals surface area (Å²) in [6.45, 7) is 2.32. The molecule has 0 radical (unpaired) electrons. The minimum Gasteiger partial charge on any atom is -0.348 e. The van der Waals surface area contributed by atoms with Gasteiger partial charge in [-0.3, -0.25) is 4.79 Å². The highest BCUT2D eigenvalue weighted by molar-refractivity contribution is 7.99. The number of nitrogens with two attached hydrogens (primary N) is 1. The summed E-state index contributed by atoms with van der Waals surface area (Å²) in [5.74, 6) is 5.87. The van der Waals surface area contributed by atoms with Gasteiger partial charge in [-0.05, 0) is 49.8 Å². The number of amides is 1. The van der Waals surface area contributed by atoms with Crippen LogP contribution in [-0.2, 0) is 0 Å². The van der Waals surface area contributed by atoms with Crippen LogP contribution in [0.3, 0.4) is 0 Å². The van der Waals surface area contributed by atoms with Gasteiger partial charge in [0.1, 0.15) is 0 Å². The van der Waals surface area contributed by atoms with Gasteiger partial charge in [-0.2, -0.15) is 11.8 Å². The number of nitrogens with one attached hydrogen (secondary N) is 1. The molecule has 0 heterocycles. The Morgan fingerprint density at radius 3 is 2.95 bits per heavy atom. The van der Waals surface area contributed by atoms with Crippen molar-refractivity contribution in [1.82, 2.24) is 5.32 Å². The summed E-state index contributed by atoms with van der Waals surface area (Å²) in [6.07, 6.45) is 5.59. The van der Waals surface area contributed by atoms with Gasteiger partial charge in [0.05, 0.1) is 6.54 Å². The van der Waals surface area contributed by atoms with E-state index < -0.39 is 0 Å². The lowest BCUT2D eigenvalue weighted by atomic mass is 10.0. The lowest BCUT2D eigenvalue weighted by Crippen LogP contribution is -2.38. The van der Waals surface area contributed by atoms with Crippen LogP contribution in [0, 0.1) is 18.8 Å². The van der Waals surface area contributed by atoms with Crippen LogP contribution < -0.4 is 11.1 Å². The third kappa shape index (κ3) is 4.03. The van der Waals surface area contributed by atoms with Crippen molar-refractivity contribution < 1.29 is 4.79 Å². The SMILES string of the molecule is CSC1CCCC1NC(=O)c1ccc(C#CCN)c(C)c1. The third-order valence-electron chi connectivity index (χ3n) is 3.89. The zero-order chi connectivity index (χ0) is 15.2. The van der Waals surface area contributed by atoms with Gasteiger partial charge in [-0.1, -0.05) is 18.3 Å². The first-order valence-electron chi connectivity index (χ1n) is 7.29. The molecule has 1 amide bonds. The Bertz CT molecular complexity index is 574. The van der Waals surface area contributed by atoms with E-state index in [1.165, 1.54) is 12.8 Å². The number of aryl methyl sites for hydroxylation is 1. The largest absolute Gasteiger partial charge is 0.348 e. The van der Waals surface area contributed by atoms with Crippen LogP contribution in [0.25, 0.3) is 0 Å². The van der Waals surface area contributed by atoms with Crippen molar-refractivity contribution in [2.75, 3.05) is 12.8 Å². The Morgan fingerprint density at radius 2 is 2.29 bits per heavy atom. The maximum atomic E-state index is 12.4. The number of thioether (sulfide) groups is 1. The molecule has 0 aliphatic heterocycles. The zero-order valence-corrected chi connectivity index (χ0v) is 13.4. The van der Waals surface area contributed by atoms with Crippen LogP contribution in [0.5, 0.6) is 0 Å². The second kappa shape index (κ2) is 7.53. The van der Waals surface area contributed by atoms with E-state index in [0.717, 1.165) is 17.5 Å². The lowest BCUT2D eigenvalue weighted by Gasteiger charge is -2.19. The molecule has 0 aromatic heterocycles. The highest BCUT2D eigenvalue weighted by Crippen LogP contribution is 2.28. The first-order chi connectivity index (χ1) is 10.2. The van der Waals surface area contributed by atoms with Crippen molar-refractivity contribution in [1.29, 1.82) is 0 Å². The number of rotatable bonds is 3. The molecule has 0 saturated heterocycles. The molecule has 3 N–H and O–H groups in total. The predicted octanol–water partition coefficient (Wildman–Crippen LogP) is 2.32. The molecule has 1 aromatic rings. The number of hydrogen-bond acceptors (Lipinski definition) is 3. The van der Waals surface area contributed by atoms with Gasteiger partial charge in [0.2, 0.25) is 0 Å². The number of carbonyl (C=O) groups is 1. The predicted molar refractivity (Wildman–Crippen MR) is 89.5 cm³/mol. The van der Waals surface area contributed by atoms with E-state index in [1.807, 2.05) is 36.9 Å². The Kier molecular flexibility index (Phi) is 5.72. The van der Waals surface area contributed by atoms with Gasteiger partial charge < -0.3 is 11.1 Å². The molecule has 0 spiro atoms. The molecule has 1 aliphatic carbocycles. The van der Waals surface area contributed by atoms with Crippen LogP contribution in [-0.4, -0.2) is 30.0 Å². The molecule has 4 heteroatoms. The fourth-order valence-corrected chi connectivity index (χ4v) is 3.65. The average Bonchev–Trinajstić information content (AvgIpc) is 2.93. The van der Waals surface area contributed by atoms with E-state index in [4.69, 9.17) is 5.73 Å². The van der Waals surface area contributed by atoms with Gasteiger partial charge in [0.15, 0.2) is 0 Å². The van der Waals surface area contributed by atoms with Crippen LogP contribution in [0.15, 0.2) is 18.2 Å². The highest BCUT2D eigenvalue weighted by Gasteiger charge is 2.27. The van der Waals surface area contributed by atoms with E-state index in [1.54, 1.807) is 0 Å². The number of benzene rings is 1. The van der Waals surface area contributed by atoms with Crippen LogP contribution in [0.2, 0.25) is 0 Å². The van der Waals surface area contributed by atoms with E-state index in [9.17, 15) is 4.79 Å². The molecule has 1 aliphatic rings. The summed E-state index contributed by atoms with van der Waals surface area (Å²) >= 11 is 1.85. The Balaban J connectivity index is 2.07. The number of hydrogen-bond donors (Lipinski definition) is 2. The maximum absolute atomic E-state index is 12.4. The second-order valence-corrected chi connectivity index (χ2v) is 6.40. The van der Waals surface area contributed by atoms with Crippen molar-refractivity contribution in [2.45, 2.75) is 37.5 Å². The van der Waals surface area contributed by atoms with Crippen molar-refractivity contribution in [3.8, 4) is 11.8 Å². The van der Waals surface area contributed by atoms with Crippen LogP contribution >= 0.6 is 11.8 Å². The highest BCUT2D eigenvalue weighted by atomic mass is 32.2. The topological polar surface area (TPSA) is 55.1 Å². The number of carbonyl (C=O) groups excluding carboxylic acids is 1. The second-order valence-electron chi connectivity index (χ2n) is 5.32. The minimum absolute atomic E-state index is 0.0161. The van der Waals surface area contributed by atoms with Gasteiger partial charge in [0.25, 0.3) is 5.91 Å². The fourth-order valence-electron chi connectivity index (χ4n) is 2.72. The van der Waals surface area contributed by atoms with Crippen molar-refractivity contribution in [2.24, 2.45) is 5.73 Å². The fraction of sp³-hybridized carbons (Fsp3) is 0.471. The molecule has 1 aromatic carbocycles. The van der Waals surface area contributed by atoms with Crippen molar-refractivity contribution in [3.63, 3.8) is 0 Å². The molecule has 2 unspecified atom stereocenters. The Morgan fingerprint density at radius 1 is 1.48 bits per heavy atom. The van der Waals surface area contributed by atoms with E-state index in [-0.39, 0.29) is 5.91 Å². The molecule has 2 atom stereocenters. The molecular formula is C17H22N2OS. The maximum Gasteiger partial charge on any atom is 0.251 e.